The van der Waals surface area contributed by atoms with Crippen molar-refractivity contribution in [3.05, 3.63) is 58.7 Å². The molecule has 0 saturated carbocycles. The van der Waals surface area contributed by atoms with E-state index in [2.05, 4.69) is 15.5 Å². The van der Waals surface area contributed by atoms with Crippen LogP contribution in [0.25, 0.3) is 11.1 Å². The summed E-state index contributed by atoms with van der Waals surface area (Å²) in [7, 11) is 1.57. The number of amides is 2. The van der Waals surface area contributed by atoms with Gasteiger partial charge in [-0.1, -0.05) is 5.16 Å². The molecule has 1 aromatic carbocycles. The lowest BCUT2D eigenvalue weighted by Gasteiger charge is -2.16. The minimum atomic E-state index is -0.380. The normalized spacial score (nSPS) is 16.5. The SMILES string of the molecule is CNC(=O)c1cc(C)nc2onc(C3CCN(C(=O)c4ccc(F)cc4)C3)c12. The Morgan fingerprint density at radius 3 is 2.75 bits per heavy atom. The summed E-state index contributed by atoms with van der Waals surface area (Å²) in [5.41, 5.74) is 2.51. The number of hydrogen-bond donors (Lipinski definition) is 1. The van der Waals surface area contributed by atoms with E-state index in [1.165, 1.54) is 24.3 Å². The Morgan fingerprint density at radius 1 is 1.29 bits per heavy atom. The van der Waals surface area contributed by atoms with Gasteiger partial charge in [0.2, 0.25) is 0 Å². The number of nitrogens with zero attached hydrogens (tertiary/aromatic N) is 3. The lowest BCUT2D eigenvalue weighted by Crippen LogP contribution is -2.28. The first-order chi connectivity index (χ1) is 13.5. The Morgan fingerprint density at radius 2 is 2.04 bits per heavy atom. The van der Waals surface area contributed by atoms with Crippen LogP contribution in [0.15, 0.2) is 34.9 Å². The van der Waals surface area contributed by atoms with Gasteiger partial charge < -0.3 is 14.7 Å². The van der Waals surface area contributed by atoms with Gasteiger partial charge in [0.05, 0.1) is 16.6 Å². The molecule has 2 aromatic heterocycles. The number of rotatable bonds is 3. The number of fused-ring (bicyclic) bond motifs is 1. The smallest absolute Gasteiger partial charge is 0.259 e. The zero-order chi connectivity index (χ0) is 19.8. The Balaban J connectivity index is 1.64. The van der Waals surface area contributed by atoms with Gasteiger partial charge in [0.25, 0.3) is 17.5 Å². The number of carbonyl (C=O) groups excluding carboxylic acids is 2. The molecule has 7 nitrogen and oxygen atoms in total. The standard InChI is InChI=1S/C20H19FN4O3/c1-11-9-15(18(26)22-2)16-17(24-28-19(16)23-11)13-7-8-25(10-13)20(27)12-3-5-14(21)6-4-12/h3-6,9,13H,7-8,10H2,1-2H3,(H,22,26). The molecule has 1 atom stereocenters. The van der Waals surface area contributed by atoms with Crippen LogP contribution in [0.5, 0.6) is 0 Å². The van der Waals surface area contributed by atoms with E-state index < -0.39 is 0 Å². The fraction of sp³-hybridized carbons (Fsp3) is 0.300. The van der Waals surface area contributed by atoms with Crippen LogP contribution >= 0.6 is 0 Å². The number of nitrogens with one attached hydrogen (secondary N) is 1. The molecule has 3 aromatic rings. The molecule has 1 aliphatic rings. The van der Waals surface area contributed by atoms with Crippen molar-refractivity contribution in [1.82, 2.24) is 20.4 Å². The Bertz CT molecular complexity index is 1060. The van der Waals surface area contributed by atoms with Crippen LogP contribution in [-0.2, 0) is 0 Å². The number of benzene rings is 1. The first kappa shape index (κ1) is 18.1. The third kappa shape index (κ3) is 3.11. The van der Waals surface area contributed by atoms with Crippen molar-refractivity contribution in [3.8, 4) is 0 Å². The second kappa shape index (κ2) is 7.03. The molecule has 0 spiro atoms. The number of pyridine rings is 1. The Labute approximate surface area is 160 Å². The predicted molar refractivity (Wildman–Crippen MR) is 99.6 cm³/mol. The molecule has 3 heterocycles. The van der Waals surface area contributed by atoms with Crippen molar-refractivity contribution in [2.45, 2.75) is 19.3 Å². The fourth-order valence-corrected chi connectivity index (χ4v) is 3.63. The van der Waals surface area contributed by atoms with E-state index in [4.69, 9.17) is 4.52 Å². The van der Waals surface area contributed by atoms with Crippen LogP contribution in [0.2, 0.25) is 0 Å². The summed E-state index contributed by atoms with van der Waals surface area (Å²) in [5.74, 6) is -0.846. The molecule has 144 valence electrons. The number of halogens is 1. The number of likely N-dealkylation sites (tertiary alicyclic amines) is 1. The van der Waals surface area contributed by atoms with Crippen molar-refractivity contribution in [2.75, 3.05) is 20.1 Å². The largest absolute Gasteiger partial charge is 0.355 e. The van der Waals surface area contributed by atoms with Crippen LogP contribution in [0.4, 0.5) is 4.39 Å². The van der Waals surface area contributed by atoms with Gasteiger partial charge in [-0.05, 0) is 43.7 Å². The predicted octanol–water partition coefficient (Wildman–Crippen LogP) is 2.66. The summed E-state index contributed by atoms with van der Waals surface area (Å²) in [6, 6.07) is 7.21. The fourth-order valence-electron chi connectivity index (χ4n) is 3.63. The number of aryl methyl sites for hydroxylation is 1. The Hall–Kier alpha value is -3.29. The van der Waals surface area contributed by atoms with Crippen molar-refractivity contribution in [2.24, 2.45) is 0 Å². The van der Waals surface area contributed by atoms with Crippen molar-refractivity contribution in [1.29, 1.82) is 0 Å². The number of aromatic nitrogens is 2. The van der Waals surface area contributed by atoms with Gasteiger partial charge in [-0.3, -0.25) is 9.59 Å². The first-order valence-electron chi connectivity index (χ1n) is 9.01. The molecule has 1 fully saturated rings. The lowest BCUT2D eigenvalue weighted by molar-refractivity contribution is 0.0790. The van der Waals surface area contributed by atoms with Gasteiger partial charge in [0.1, 0.15) is 5.82 Å². The minimum absolute atomic E-state index is 0.0708. The van der Waals surface area contributed by atoms with Crippen molar-refractivity contribution < 1.29 is 18.5 Å². The molecule has 1 aliphatic heterocycles. The van der Waals surface area contributed by atoms with Crippen LogP contribution in [0.1, 0.15) is 44.4 Å². The Kier molecular flexibility index (Phi) is 4.54. The molecule has 0 bridgehead atoms. The molecule has 2 amide bonds. The number of hydrogen-bond acceptors (Lipinski definition) is 5. The molecule has 4 rings (SSSR count). The highest BCUT2D eigenvalue weighted by atomic mass is 19.1. The van der Waals surface area contributed by atoms with Gasteiger partial charge in [-0.15, -0.1) is 0 Å². The summed E-state index contributed by atoms with van der Waals surface area (Å²) in [6.45, 7) is 2.77. The van der Waals surface area contributed by atoms with Crippen molar-refractivity contribution in [3.63, 3.8) is 0 Å². The second-order valence-electron chi connectivity index (χ2n) is 6.88. The monoisotopic (exact) mass is 382 g/mol. The summed E-state index contributed by atoms with van der Waals surface area (Å²) < 4.78 is 18.5. The summed E-state index contributed by atoms with van der Waals surface area (Å²) in [6.07, 6.45) is 0.690. The summed E-state index contributed by atoms with van der Waals surface area (Å²) in [5, 5.41) is 7.39. The third-order valence-corrected chi connectivity index (χ3v) is 5.03. The van der Waals surface area contributed by atoms with E-state index in [1.807, 2.05) is 0 Å². The van der Waals surface area contributed by atoms with E-state index in [-0.39, 0.29) is 23.5 Å². The van der Waals surface area contributed by atoms with Gasteiger partial charge in [0.15, 0.2) is 0 Å². The van der Waals surface area contributed by atoms with Crippen molar-refractivity contribution >= 4 is 22.9 Å². The molecule has 8 heteroatoms. The molecular weight excluding hydrogens is 363 g/mol. The van der Waals surface area contributed by atoms with Crippen LogP contribution in [0.3, 0.4) is 0 Å². The van der Waals surface area contributed by atoms with Gasteiger partial charge >= 0.3 is 0 Å². The zero-order valence-corrected chi connectivity index (χ0v) is 15.5. The molecule has 1 saturated heterocycles. The minimum Gasteiger partial charge on any atom is -0.355 e. The topological polar surface area (TPSA) is 88.3 Å². The number of carbonyl (C=O) groups is 2. The molecular formula is C20H19FN4O3. The quantitative estimate of drug-likeness (QED) is 0.752. The van der Waals surface area contributed by atoms with Crippen LogP contribution in [-0.4, -0.2) is 47.0 Å². The molecule has 28 heavy (non-hydrogen) atoms. The highest BCUT2D eigenvalue weighted by Crippen LogP contribution is 2.34. The summed E-state index contributed by atoms with van der Waals surface area (Å²) in [4.78, 5) is 31.1. The lowest BCUT2D eigenvalue weighted by atomic mass is 9.99. The van der Waals surface area contributed by atoms with Gasteiger partial charge in [-0.25, -0.2) is 9.37 Å². The van der Waals surface area contributed by atoms with Crippen LogP contribution in [0, 0.1) is 12.7 Å². The third-order valence-electron chi connectivity index (χ3n) is 5.03. The van der Waals surface area contributed by atoms with E-state index in [0.717, 1.165) is 0 Å². The zero-order valence-electron chi connectivity index (χ0n) is 15.5. The average Bonchev–Trinajstić information content (AvgIpc) is 3.33. The maximum atomic E-state index is 13.1. The molecule has 1 N–H and O–H groups in total. The first-order valence-corrected chi connectivity index (χ1v) is 9.01. The maximum absolute atomic E-state index is 13.1. The second-order valence-corrected chi connectivity index (χ2v) is 6.88. The van der Waals surface area contributed by atoms with Gasteiger partial charge in [0, 0.05) is 37.3 Å². The average molecular weight is 382 g/mol. The highest BCUT2D eigenvalue weighted by Gasteiger charge is 2.33. The summed E-state index contributed by atoms with van der Waals surface area (Å²) >= 11 is 0. The maximum Gasteiger partial charge on any atom is 0.259 e. The molecule has 0 aliphatic carbocycles. The van der Waals surface area contributed by atoms with E-state index in [9.17, 15) is 14.0 Å². The van der Waals surface area contributed by atoms with Gasteiger partial charge in [-0.2, -0.15) is 0 Å². The van der Waals surface area contributed by atoms with E-state index in [1.54, 1.807) is 24.9 Å². The molecule has 1 unspecified atom stereocenters. The van der Waals surface area contributed by atoms with Crippen LogP contribution < -0.4 is 5.32 Å². The highest BCUT2D eigenvalue weighted by molar-refractivity contribution is 6.06. The van der Waals surface area contributed by atoms with E-state index >= 15 is 0 Å². The molecule has 0 radical (unpaired) electrons. The van der Waals surface area contributed by atoms with E-state index in [0.29, 0.717) is 53.1 Å².